The van der Waals surface area contributed by atoms with Crippen LogP contribution in [0.1, 0.15) is 78.1 Å². The molecule has 2 heterocycles. The van der Waals surface area contributed by atoms with E-state index in [0.717, 1.165) is 66.9 Å². The van der Waals surface area contributed by atoms with E-state index in [0.29, 0.717) is 18.2 Å². The Kier molecular flexibility index (Phi) is 7.53. The quantitative estimate of drug-likeness (QED) is 0.262. The van der Waals surface area contributed by atoms with Crippen LogP contribution in [0.15, 0.2) is 72.8 Å². The molecule has 2 fully saturated rings. The third kappa shape index (κ3) is 5.33. The Morgan fingerprint density at radius 2 is 1.65 bits per heavy atom. The maximum absolute atomic E-state index is 13.0. The van der Waals surface area contributed by atoms with Gasteiger partial charge in [0, 0.05) is 36.2 Å². The lowest BCUT2D eigenvalue weighted by Gasteiger charge is -2.26. The maximum Gasteiger partial charge on any atom is 0.335 e. The predicted octanol–water partition coefficient (Wildman–Crippen LogP) is 6.98. The minimum atomic E-state index is -0.942. The fourth-order valence-electron chi connectivity index (χ4n) is 6.31. The summed E-state index contributed by atoms with van der Waals surface area (Å²) in [5.41, 5.74) is 3.68. The van der Waals surface area contributed by atoms with Crippen LogP contribution in [0, 0.1) is 0 Å². The molecule has 1 aliphatic heterocycles. The highest BCUT2D eigenvalue weighted by atomic mass is 16.5. The summed E-state index contributed by atoms with van der Waals surface area (Å²) in [5, 5.41) is 9.48. The van der Waals surface area contributed by atoms with E-state index in [4.69, 9.17) is 9.72 Å². The van der Waals surface area contributed by atoms with Gasteiger partial charge in [0.05, 0.1) is 23.2 Å². The van der Waals surface area contributed by atoms with Crippen molar-refractivity contribution in [2.75, 3.05) is 13.2 Å². The maximum atomic E-state index is 13.0. The molecule has 1 N–H and O–H groups in total. The average molecular weight is 538 g/mol. The number of ether oxygens (including phenoxy) is 1. The van der Waals surface area contributed by atoms with Gasteiger partial charge in [-0.15, -0.1) is 0 Å². The fraction of sp³-hybridized carbons (Fsp3) is 0.364. The van der Waals surface area contributed by atoms with Crippen LogP contribution in [0.4, 0.5) is 0 Å². The minimum Gasteiger partial charge on any atom is -0.494 e. The summed E-state index contributed by atoms with van der Waals surface area (Å²) in [6.07, 6.45) is 8.67. The van der Waals surface area contributed by atoms with E-state index in [1.54, 1.807) is 12.1 Å². The van der Waals surface area contributed by atoms with Gasteiger partial charge in [0.1, 0.15) is 11.6 Å². The van der Waals surface area contributed by atoms with E-state index >= 15 is 0 Å². The largest absolute Gasteiger partial charge is 0.494 e. The Morgan fingerprint density at radius 3 is 2.40 bits per heavy atom. The average Bonchev–Trinajstić information content (AvgIpc) is 3.62. The molecule has 40 heavy (non-hydrogen) atoms. The summed E-state index contributed by atoms with van der Waals surface area (Å²) in [5.74, 6) is 0.819. The molecule has 0 spiro atoms. The topological polar surface area (TPSA) is 84.7 Å². The highest BCUT2D eigenvalue weighted by molar-refractivity contribution is 5.94. The van der Waals surface area contributed by atoms with Crippen molar-refractivity contribution in [3.63, 3.8) is 0 Å². The smallest absolute Gasteiger partial charge is 0.335 e. The zero-order valence-corrected chi connectivity index (χ0v) is 22.7. The van der Waals surface area contributed by atoms with E-state index in [9.17, 15) is 14.7 Å². The molecule has 3 aromatic carbocycles. The number of hydrogen-bond donors (Lipinski definition) is 1. The first-order valence-electron chi connectivity index (χ1n) is 14.4. The Balaban J connectivity index is 1.16. The van der Waals surface area contributed by atoms with Crippen molar-refractivity contribution in [2.24, 2.45) is 0 Å². The summed E-state index contributed by atoms with van der Waals surface area (Å²) in [7, 11) is 0. The van der Waals surface area contributed by atoms with Crippen LogP contribution in [0.5, 0.6) is 5.75 Å². The van der Waals surface area contributed by atoms with Crippen LogP contribution in [-0.2, 0) is 0 Å². The van der Waals surface area contributed by atoms with E-state index in [2.05, 4.69) is 4.57 Å². The van der Waals surface area contributed by atoms with Gasteiger partial charge in [-0.3, -0.25) is 4.79 Å². The third-order valence-electron chi connectivity index (χ3n) is 8.37. The van der Waals surface area contributed by atoms with Crippen LogP contribution < -0.4 is 4.74 Å². The number of nitrogens with zero attached hydrogens (tertiary/aromatic N) is 3. The van der Waals surface area contributed by atoms with Gasteiger partial charge >= 0.3 is 5.97 Å². The monoisotopic (exact) mass is 537 g/mol. The fourth-order valence-corrected chi connectivity index (χ4v) is 6.31. The Hall–Kier alpha value is -4.13. The van der Waals surface area contributed by atoms with Gasteiger partial charge in [0.2, 0.25) is 0 Å². The Labute approximate surface area is 234 Å². The molecule has 2 aliphatic rings. The van der Waals surface area contributed by atoms with Crippen LogP contribution in [0.2, 0.25) is 0 Å². The number of carboxylic acids is 1. The number of carbonyl (C=O) groups is 2. The first-order chi connectivity index (χ1) is 19.6. The van der Waals surface area contributed by atoms with Gasteiger partial charge < -0.3 is 19.3 Å². The summed E-state index contributed by atoms with van der Waals surface area (Å²) in [4.78, 5) is 31.4. The number of fused-ring (bicyclic) bond motifs is 1. The number of carboxylic acid groups (broad SMARTS) is 1. The van der Waals surface area contributed by atoms with Crippen molar-refractivity contribution in [3.8, 4) is 17.1 Å². The van der Waals surface area contributed by atoms with Gasteiger partial charge in [0.15, 0.2) is 0 Å². The number of rotatable bonds is 8. The molecule has 1 aliphatic carbocycles. The molecule has 4 aromatic rings. The van der Waals surface area contributed by atoms with Crippen molar-refractivity contribution in [2.45, 2.75) is 63.5 Å². The van der Waals surface area contributed by atoms with Crippen LogP contribution in [-0.4, -0.2) is 50.6 Å². The second kappa shape index (κ2) is 11.5. The SMILES string of the molecule is O=C(O)c1ccc2c(c1)nc(-c1ccc(OCC[C@@H]3CCCN3C(=O)c3ccccc3)cc1)n2C1CCCCC1. The van der Waals surface area contributed by atoms with Gasteiger partial charge in [-0.1, -0.05) is 37.5 Å². The number of benzene rings is 3. The molecule has 0 radical (unpaired) electrons. The molecule has 0 bridgehead atoms. The molecule has 7 heteroatoms. The van der Waals surface area contributed by atoms with Gasteiger partial charge in [-0.2, -0.15) is 0 Å². The molecule has 1 saturated carbocycles. The zero-order valence-electron chi connectivity index (χ0n) is 22.7. The van der Waals surface area contributed by atoms with Gasteiger partial charge in [0.25, 0.3) is 5.91 Å². The van der Waals surface area contributed by atoms with Crippen molar-refractivity contribution >= 4 is 22.9 Å². The predicted molar refractivity (Wildman–Crippen MR) is 155 cm³/mol. The van der Waals surface area contributed by atoms with E-state index < -0.39 is 5.97 Å². The van der Waals surface area contributed by atoms with Crippen LogP contribution in [0.3, 0.4) is 0 Å². The Bertz CT molecular complexity index is 1490. The molecule has 7 nitrogen and oxygen atoms in total. The Morgan fingerprint density at radius 1 is 0.875 bits per heavy atom. The minimum absolute atomic E-state index is 0.101. The summed E-state index contributed by atoms with van der Waals surface area (Å²) in [6.45, 7) is 1.34. The van der Waals surface area contributed by atoms with Crippen molar-refractivity contribution in [1.29, 1.82) is 0 Å². The highest BCUT2D eigenvalue weighted by Gasteiger charge is 2.29. The standard InChI is InChI=1S/C33H35N3O4/c37-32(24-8-3-1-4-9-24)35-20-7-12-26(35)19-21-40-28-16-13-23(14-17-28)31-34-29-22-25(33(38)39)15-18-30(29)36(31)27-10-5-2-6-11-27/h1,3-4,8-9,13-18,22,26-27H,2,5-7,10-12,19-21H2,(H,38,39)/t26-/m0/s1. The molecular weight excluding hydrogens is 502 g/mol. The summed E-state index contributed by atoms with van der Waals surface area (Å²) < 4.78 is 8.42. The molecule has 1 atom stereocenters. The molecule has 1 saturated heterocycles. The van der Waals surface area contributed by atoms with Crippen LogP contribution in [0.25, 0.3) is 22.4 Å². The number of hydrogen-bond acceptors (Lipinski definition) is 4. The summed E-state index contributed by atoms with van der Waals surface area (Å²) in [6, 6.07) is 23.3. The van der Waals surface area contributed by atoms with Crippen molar-refractivity contribution in [1.82, 2.24) is 14.5 Å². The molecule has 6 rings (SSSR count). The van der Waals surface area contributed by atoms with Crippen molar-refractivity contribution in [3.05, 3.63) is 83.9 Å². The molecule has 1 aromatic heterocycles. The molecular formula is C33H35N3O4. The summed E-state index contributed by atoms with van der Waals surface area (Å²) >= 11 is 0. The third-order valence-corrected chi connectivity index (χ3v) is 8.37. The van der Waals surface area contributed by atoms with Crippen LogP contribution >= 0.6 is 0 Å². The number of carbonyl (C=O) groups excluding carboxylic acids is 1. The number of aromatic nitrogens is 2. The lowest BCUT2D eigenvalue weighted by molar-refractivity contribution is 0.0693. The first-order valence-corrected chi connectivity index (χ1v) is 14.4. The first kappa shape index (κ1) is 26.1. The number of amides is 1. The second-order valence-electron chi connectivity index (χ2n) is 10.9. The second-order valence-corrected chi connectivity index (χ2v) is 10.9. The van der Waals surface area contributed by atoms with Gasteiger partial charge in [-0.05, 0) is 80.3 Å². The lowest BCUT2D eigenvalue weighted by Crippen LogP contribution is -2.36. The van der Waals surface area contributed by atoms with Gasteiger partial charge in [-0.25, -0.2) is 9.78 Å². The molecule has 0 unspecified atom stereocenters. The molecule has 206 valence electrons. The van der Waals surface area contributed by atoms with E-state index in [-0.39, 0.29) is 17.5 Å². The normalized spacial score (nSPS) is 17.8. The molecule has 1 amide bonds. The lowest BCUT2D eigenvalue weighted by atomic mass is 9.95. The van der Waals surface area contributed by atoms with Crippen molar-refractivity contribution < 1.29 is 19.4 Å². The van der Waals surface area contributed by atoms with E-state index in [1.165, 1.54) is 19.3 Å². The number of aromatic carboxylic acids is 1. The van der Waals surface area contributed by atoms with E-state index in [1.807, 2.05) is 65.6 Å². The number of likely N-dealkylation sites (tertiary alicyclic amines) is 1. The highest BCUT2D eigenvalue weighted by Crippen LogP contribution is 2.36. The number of imidazole rings is 1. The zero-order chi connectivity index (χ0) is 27.5.